The molecule has 2 saturated heterocycles. The molecule has 2 aromatic heterocycles. The van der Waals surface area contributed by atoms with Gasteiger partial charge in [-0.15, -0.1) is 0 Å². The molecular formula is C37H37F4N9O. The quantitative estimate of drug-likeness (QED) is 0.170. The second-order valence-electron chi connectivity index (χ2n) is 12.8. The zero-order valence-electron chi connectivity index (χ0n) is 27.8. The van der Waals surface area contributed by atoms with Crippen LogP contribution in [0.1, 0.15) is 29.5 Å². The molecule has 0 atom stereocenters. The predicted octanol–water partition coefficient (Wildman–Crippen LogP) is 6.37. The largest absolute Gasteiger partial charge is 0.416 e. The van der Waals surface area contributed by atoms with Gasteiger partial charge >= 0.3 is 6.18 Å². The van der Waals surface area contributed by atoms with Crippen LogP contribution in [0.4, 0.5) is 41.0 Å². The summed E-state index contributed by atoms with van der Waals surface area (Å²) < 4.78 is 54.3. The van der Waals surface area contributed by atoms with Gasteiger partial charge < -0.3 is 20.4 Å². The van der Waals surface area contributed by atoms with Crippen LogP contribution in [0, 0.1) is 11.7 Å². The molecule has 3 aromatic carbocycles. The molecule has 51 heavy (non-hydrogen) atoms. The third kappa shape index (κ3) is 8.34. The molecule has 1 amide bonds. The van der Waals surface area contributed by atoms with Gasteiger partial charge in [0, 0.05) is 68.7 Å². The lowest BCUT2D eigenvalue weighted by Crippen LogP contribution is -2.47. The summed E-state index contributed by atoms with van der Waals surface area (Å²) in [6, 6.07) is 19.1. The van der Waals surface area contributed by atoms with Crippen molar-refractivity contribution in [2.45, 2.75) is 32.1 Å². The van der Waals surface area contributed by atoms with Gasteiger partial charge in [0.1, 0.15) is 11.6 Å². The van der Waals surface area contributed by atoms with E-state index in [4.69, 9.17) is 4.98 Å². The number of amides is 1. The number of nitrogens with zero attached hydrogens (tertiary/aromatic N) is 7. The van der Waals surface area contributed by atoms with Gasteiger partial charge in [-0.3, -0.25) is 9.69 Å². The van der Waals surface area contributed by atoms with Gasteiger partial charge in [0.15, 0.2) is 0 Å². The number of alkyl halides is 3. The molecule has 7 rings (SSSR count). The number of halogens is 4. The number of rotatable bonds is 9. The lowest BCUT2D eigenvalue weighted by atomic mass is 9.95. The first-order valence-corrected chi connectivity index (χ1v) is 16.9. The highest BCUT2D eigenvalue weighted by molar-refractivity contribution is 5.93. The molecule has 0 radical (unpaired) electrons. The Morgan fingerprint density at radius 3 is 2.10 bits per heavy atom. The highest BCUT2D eigenvalue weighted by Gasteiger charge is 2.31. The molecule has 0 aliphatic carbocycles. The van der Waals surface area contributed by atoms with Gasteiger partial charge in [0.2, 0.25) is 17.8 Å². The number of carbonyl (C=O) groups is 1. The van der Waals surface area contributed by atoms with Crippen molar-refractivity contribution < 1.29 is 22.4 Å². The molecule has 264 valence electrons. The number of aromatic nitrogens is 4. The first kappa shape index (κ1) is 34.1. The predicted molar refractivity (Wildman–Crippen MR) is 188 cm³/mol. The number of benzene rings is 3. The molecule has 0 unspecified atom stereocenters. The molecule has 14 heteroatoms. The van der Waals surface area contributed by atoms with E-state index >= 15 is 0 Å². The van der Waals surface area contributed by atoms with E-state index in [1.807, 2.05) is 29.2 Å². The lowest BCUT2D eigenvalue weighted by Gasteiger charge is -2.34. The van der Waals surface area contributed by atoms with Crippen LogP contribution in [0.2, 0.25) is 0 Å². The van der Waals surface area contributed by atoms with Crippen molar-refractivity contribution in [3.63, 3.8) is 0 Å². The maximum absolute atomic E-state index is 13.7. The number of anilines is 4. The Morgan fingerprint density at radius 1 is 0.784 bits per heavy atom. The average molecular weight is 700 g/mol. The molecule has 4 heterocycles. The van der Waals surface area contributed by atoms with Crippen molar-refractivity contribution in [1.82, 2.24) is 24.8 Å². The van der Waals surface area contributed by atoms with Crippen LogP contribution in [-0.4, -0.2) is 70.0 Å². The van der Waals surface area contributed by atoms with E-state index in [-0.39, 0.29) is 23.0 Å². The summed E-state index contributed by atoms with van der Waals surface area (Å²) in [5.41, 5.74) is 2.20. The second-order valence-corrected chi connectivity index (χ2v) is 12.8. The first-order chi connectivity index (χ1) is 24.7. The van der Waals surface area contributed by atoms with Crippen LogP contribution in [0.3, 0.4) is 0 Å². The monoisotopic (exact) mass is 699 g/mol. The molecule has 0 saturated carbocycles. The Bertz CT molecular complexity index is 1940. The topological polar surface area (TPSA) is 102 Å². The molecular weight excluding hydrogens is 662 g/mol. The van der Waals surface area contributed by atoms with E-state index in [0.29, 0.717) is 61.6 Å². The van der Waals surface area contributed by atoms with Crippen molar-refractivity contribution in [3.05, 3.63) is 108 Å². The molecule has 10 nitrogen and oxygen atoms in total. The number of hydrogen-bond donors (Lipinski definition) is 2. The highest BCUT2D eigenvalue weighted by Crippen LogP contribution is 2.34. The van der Waals surface area contributed by atoms with Gasteiger partial charge in [-0.25, -0.2) is 19.3 Å². The van der Waals surface area contributed by atoms with E-state index in [1.54, 1.807) is 30.6 Å². The number of carbonyl (C=O) groups excluding carboxylic acids is 1. The fourth-order valence-corrected chi connectivity index (χ4v) is 6.47. The summed E-state index contributed by atoms with van der Waals surface area (Å²) in [6.45, 7) is 5.04. The molecule has 5 aromatic rings. The zero-order chi connectivity index (χ0) is 35.4. The summed E-state index contributed by atoms with van der Waals surface area (Å²) in [5.74, 6) is 0.989. The fourth-order valence-electron chi connectivity index (χ4n) is 6.47. The van der Waals surface area contributed by atoms with E-state index < -0.39 is 11.7 Å². The van der Waals surface area contributed by atoms with Gasteiger partial charge in [-0.05, 0) is 85.6 Å². The summed E-state index contributed by atoms with van der Waals surface area (Å²) >= 11 is 0. The maximum Gasteiger partial charge on any atom is 0.416 e. The van der Waals surface area contributed by atoms with Crippen molar-refractivity contribution in [2.24, 2.45) is 5.92 Å². The van der Waals surface area contributed by atoms with Crippen molar-refractivity contribution in [2.75, 3.05) is 59.7 Å². The van der Waals surface area contributed by atoms with Crippen molar-refractivity contribution in [1.29, 1.82) is 0 Å². The van der Waals surface area contributed by atoms with Crippen LogP contribution in [0.15, 0.2) is 85.2 Å². The Kier molecular flexibility index (Phi) is 9.93. The molecule has 2 N–H and O–H groups in total. The summed E-state index contributed by atoms with van der Waals surface area (Å²) in [5, 5.41) is 6.54. The van der Waals surface area contributed by atoms with Crippen LogP contribution in [0.25, 0.3) is 10.9 Å². The fraction of sp³-hybridized carbons (Fsp3) is 0.324. The number of hydrogen-bond acceptors (Lipinski definition) is 9. The SMILES string of the molecule is O=C(Nc1ccc(CNc2nc(N3CCN(c4ncccn4)CC3)nc3ccc(C(F)(F)F)cc23)cc1)C1CCN(Cc2ccc(F)cc2)CC1. The zero-order valence-corrected chi connectivity index (χ0v) is 27.8. The molecule has 2 aliphatic rings. The summed E-state index contributed by atoms with van der Waals surface area (Å²) in [6.07, 6.45) is 0.348. The summed E-state index contributed by atoms with van der Waals surface area (Å²) in [4.78, 5) is 37.4. The lowest BCUT2D eigenvalue weighted by molar-refractivity contribution is -0.137. The molecule has 0 bridgehead atoms. The third-order valence-electron chi connectivity index (χ3n) is 9.37. The van der Waals surface area contributed by atoms with E-state index in [1.165, 1.54) is 18.2 Å². The van der Waals surface area contributed by atoms with Crippen molar-refractivity contribution >= 4 is 40.2 Å². The van der Waals surface area contributed by atoms with Crippen molar-refractivity contribution in [3.8, 4) is 0 Å². The van der Waals surface area contributed by atoms with E-state index in [9.17, 15) is 22.4 Å². The Labute approximate surface area is 292 Å². The first-order valence-electron chi connectivity index (χ1n) is 16.9. The standard InChI is InChI=1S/C37H37F4N9O/c38-29-7-2-26(3-8-29)24-48-16-12-27(13-17-48)34(51)45-30-9-4-25(5-10-30)23-44-33-31-22-28(37(39,40)41)6-11-32(31)46-36(47-33)50-20-18-49(19-21-50)35-42-14-1-15-43-35/h1-11,14-15,22,27H,12-13,16-21,23-24H2,(H,45,51)(H,44,46,47). The number of nitrogens with one attached hydrogen (secondary N) is 2. The molecule has 0 spiro atoms. The second kappa shape index (κ2) is 14.9. The minimum absolute atomic E-state index is 0.0279. The smallest absolute Gasteiger partial charge is 0.365 e. The van der Waals surface area contributed by atoms with Gasteiger partial charge in [-0.2, -0.15) is 18.2 Å². The van der Waals surface area contributed by atoms with Crippen LogP contribution in [0.5, 0.6) is 0 Å². The van der Waals surface area contributed by atoms with Gasteiger partial charge in [0.25, 0.3) is 0 Å². The number of piperidine rings is 1. The Balaban J connectivity index is 0.985. The maximum atomic E-state index is 13.7. The minimum atomic E-state index is -4.51. The van der Waals surface area contributed by atoms with Crippen LogP contribution in [-0.2, 0) is 24.1 Å². The highest BCUT2D eigenvalue weighted by atomic mass is 19.4. The Hall–Kier alpha value is -5.37. The third-order valence-corrected chi connectivity index (χ3v) is 9.37. The van der Waals surface area contributed by atoms with E-state index in [0.717, 1.165) is 55.7 Å². The van der Waals surface area contributed by atoms with Gasteiger partial charge in [0.05, 0.1) is 11.1 Å². The number of likely N-dealkylation sites (tertiary alicyclic amines) is 1. The number of piperazine rings is 1. The summed E-state index contributed by atoms with van der Waals surface area (Å²) in [7, 11) is 0. The van der Waals surface area contributed by atoms with Crippen LogP contribution >= 0.6 is 0 Å². The van der Waals surface area contributed by atoms with E-state index in [2.05, 4.69) is 35.4 Å². The number of fused-ring (bicyclic) bond motifs is 1. The van der Waals surface area contributed by atoms with Gasteiger partial charge in [-0.1, -0.05) is 24.3 Å². The average Bonchev–Trinajstić information content (AvgIpc) is 3.15. The minimum Gasteiger partial charge on any atom is -0.365 e. The molecule has 2 fully saturated rings. The molecule has 2 aliphatic heterocycles. The normalized spacial score (nSPS) is 16.0. The van der Waals surface area contributed by atoms with Crippen LogP contribution < -0.4 is 20.4 Å². The Morgan fingerprint density at radius 2 is 1.43 bits per heavy atom.